The molecule has 0 atom stereocenters. The average Bonchev–Trinajstić information content (AvgIpc) is 2.34. The second kappa shape index (κ2) is 7.18. The van der Waals surface area contributed by atoms with E-state index < -0.39 is 0 Å². The van der Waals surface area contributed by atoms with E-state index in [1.165, 1.54) is 0 Å². The van der Waals surface area contributed by atoms with Crippen molar-refractivity contribution in [2.75, 3.05) is 20.3 Å². The molecule has 0 spiro atoms. The number of rotatable bonds is 7. The monoisotopic (exact) mass is 242 g/mol. The lowest BCUT2D eigenvalue weighted by Crippen LogP contribution is -2.18. The Morgan fingerprint density at radius 2 is 2.18 bits per heavy atom. The first kappa shape index (κ1) is 13.9. The number of aromatic hydroxyl groups is 1. The standard InChI is InChI=1S/C11H18N2O4/c1-8-11(15)10(9(7-14)5-12-8)6-13-17-4-3-16-2/h5,13-15H,3-4,6-7H2,1-2H3. The maximum atomic E-state index is 9.82. The van der Waals surface area contributed by atoms with Crippen molar-refractivity contribution in [2.45, 2.75) is 20.1 Å². The summed E-state index contributed by atoms with van der Waals surface area (Å²) in [6, 6.07) is 0. The van der Waals surface area contributed by atoms with Gasteiger partial charge in [0.2, 0.25) is 0 Å². The number of aryl methyl sites for hydroxylation is 1. The Morgan fingerprint density at radius 1 is 1.41 bits per heavy atom. The van der Waals surface area contributed by atoms with Gasteiger partial charge in [0.05, 0.1) is 32.1 Å². The van der Waals surface area contributed by atoms with Gasteiger partial charge in [0.1, 0.15) is 5.75 Å². The molecule has 96 valence electrons. The van der Waals surface area contributed by atoms with Crippen LogP contribution >= 0.6 is 0 Å². The molecule has 0 radical (unpaired) electrons. The molecule has 6 nitrogen and oxygen atoms in total. The predicted octanol–water partition coefficient (Wildman–Crippen LogP) is 0.256. The number of ether oxygens (including phenoxy) is 1. The molecule has 0 unspecified atom stereocenters. The maximum absolute atomic E-state index is 9.82. The number of nitrogens with zero attached hydrogens (tertiary/aromatic N) is 1. The molecule has 0 aliphatic carbocycles. The van der Waals surface area contributed by atoms with Crippen molar-refractivity contribution in [3.63, 3.8) is 0 Å². The van der Waals surface area contributed by atoms with Gasteiger partial charge in [-0.2, -0.15) is 5.48 Å². The van der Waals surface area contributed by atoms with Gasteiger partial charge in [0.25, 0.3) is 0 Å². The number of methoxy groups -OCH3 is 1. The van der Waals surface area contributed by atoms with Crippen LogP contribution < -0.4 is 5.48 Å². The molecular weight excluding hydrogens is 224 g/mol. The fraction of sp³-hybridized carbons (Fsp3) is 0.545. The Labute approximate surface area is 100 Å². The van der Waals surface area contributed by atoms with Crippen molar-refractivity contribution in [1.82, 2.24) is 10.5 Å². The Bertz CT molecular complexity index is 358. The van der Waals surface area contributed by atoms with E-state index in [1.807, 2.05) is 0 Å². The van der Waals surface area contributed by atoms with Crippen LogP contribution in [0.5, 0.6) is 5.75 Å². The third-order valence-electron chi connectivity index (χ3n) is 2.34. The number of hydroxylamine groups is 1. The molecule has 0 aliphatic heterocycles. The second-order valence-corrected chi connectivity index (χ2v) is 3.52. The van der Waals surface area contributed by atoms with E-state index in [0.717, 1.165) is 0 Å². The molecule has 17 heavy (non-hydrogen) atoms. The number of nitrogens with one attached hydrogen (secondary N) is 1. The van der Waals surface area contributed by atoms with Crippen LogP contribution in [0.4, 0.5) is 0 Å². The molecule has 3 N–H and O–H groups in total. The van der Waals surface area contributed by atoms with Crippen LogP contribution in [0.2, 0.25) is 0 Å². The molecule has 0 saturated carbocycles. The Morgan fingerprint density at radius 3 is 2.82 bits per heavy atom. The number of aliphatic hydroxyl groups excluding tert-OH is 1. The highest BCUT2D eigenvalue weighted by Crippen LogP contribution is 2.23. The molecular formula is C11H18N2O4. The van der Waals surface area contributed by atoms with Gasteiger partial charge < -0.3 is 14.9 Å². The van der Waals surface area contributed by atoms with Gasteiger partial charge in [-0.3, -0.25) is 9.82 Å². The maximum Gasteiger partial charge on any atom is 0.141 e. The summed E-state index contributed by atoms with van der Waals surface area (Å²) in [5.74, 6) is 0.0828. The summed E-state index contributed by atoms with van der Waals surface area (Å²) < 4.78 is 4.82. The largest absolute Gasteiger partial charge is 0.506 e. The first-order chi connectivity index (χ1) is 8.20. The van der Waals surface area contributed by atoms with Gasteiger partial charge in [-0.05, 0) is 6.92 Å². The van der Waals surface area contributed by atoms with Crippen molar-refractivity contribution in [2.24, 2.45) is 0 Å². The molecule has 1 aromatic rings. The van der Waals surface area contributed by atoms with Gasteiger partial charge in [0.15, 0.2) is 0 Å². The molecule has 1 heterocycles. The van der Waals surface area contributed by atoms with Crippen LogP contribution in [0.1, 0.15) is 16.8 Å². The molecule has 0 aliphatic rings. The Hall–Kier alpha value is -1.21. The lowest BCUT2D eigenvalue weighted by Gasteiger charge is -2.12. The van der Waals surface area contributed by atoms with E-state index in [4.69, 9.17) is 14.7 Å². The molecule has 6 heteroatoms. The minimum absolute atomic E-state index is 0.0828. The fourth-order valence-corrected chi connectivity index (χ4v) is 1.34. The fourth-order valence-electron chi connectivity index (χ4n) is 1.34. The zero-order valence-corrected chi connectivity index (χ0v) is 10.1. The van der Waals surface area contributed by atoms with Crippen molar-refractivity contribution >= 4 is 0 Å². The minimum atomic E-state index is -0.171. The van der Waals surface area contributed by atoms with Gasteiger partial charge in [-0.15, -0.1) is 0 Å². The van der Waals surface area contributed by atoms with E-state index in [2.05, 4.69) is 10.5 Å². The van der Waals surface area contributed by atoms with Crippen LogP contribution in [-0.2, 0) is 22.7 Å². The number of pyridine rings is 1. The van der Waals surface area contributed by atoms with Gasteiger partial charge >= 0.3 is 0 Å². The Kier molecular flexibility index (Phi) is 5.85. The van der Waals surface area contributed by atoms with E-state index in [-0.39, 0.29) is 12.4 Å². The first-order valence-electron chi connectivity index (χ1n) is 5.31. The van der Waals surface area contributed by atoms with Crippen molar-refractivity contribution in [3.05, 3.63) is 23.0 Å². The van der Waals surface area contributed by atoms with Crippen molar-refractivity contribution in [1.29, 1.82) is 0 Å². The molecule has 0 bridgehead atoms. The number of hydrogen-bond donors (Lipinski definition) is 3. The highest BCUT2D eigenvalue weighted by Gasteiger charge is 2.10. The zero-order chi connectivity index (χ0) is 12.7. The van der Waals surface area contributed by atoms with E-state index >= 15 is 0 Å². The van der Waals surface area contributed by atoms with E-state index in [0.29, 0.717) is 36.6 Å². The summed E-state index contributed by atoms with van der Waals surface area (Å²) in [4.78, 5) is 9.05. The predicted molar refractivity (Wildman–Crippen MR) is 61.2 cm³/mol. The molecule has 0 fully saturated rings. The van der Waals surface area contributed by atoms with Gasteiger partial charge in [-0.25, -0.2) is 0 Å². The van der Waals surface area contributed by atoms with E-state index in [1.54, 1.807) is 20.2 Å². The third kappa shape index (κ3) is 3.94. The zero-order valence-electron chi connectivity index (χ0n) is 10.1. The summed E-state index contributed by atoms with van der Waals surface area (Å²) in [6.45, 7) is 2.73. The summed E-state index contributed by atoms with van der Waals surface area (Å²) in [5.41, 5.74) is 4.40. The normalized spacial score (nSPS) is 10.8. The SMILES string of the molecule is COCCONCc1c(CO)cnc(C)c1O. The van der Waals surface area contributed by atoms with Crippen LogP contribution in [-0.4, -0.2) is 35.5 Å². The average molecular weight is 242 g/mol. The lowest BCUT2D eigenvalue weighted by atomic mass is 10.1. The highest BCUT2D eigenvalue weighted by atomic mass is 16.7. The quantitative estimate of drug-likeness (QED) is 0.470. The molecule has 1 rings (SSSR count). The summed E-state index contributed by atoms with van der Waals surface area (Å²) in [7, 11) is 1.59. The molecule has 0 amide bonds. The van der Waals surface area contributed by atoms with Gasteiger partial charge in [-0.1, -0.05) is 0 Å². The highest BCUT2D eigenvalue weighted by molar-refractivity contribution is 5.40. The van der Waals surface area contributed by atoms with Crippen LogP contribution in [0.25, 0.3) is 0 Å². The minimum Gasteiger partial charge on any atom is -0.506 e. The van der Waals surface area contributed by atoms with E-state index in [9.17, 15) is 5.11 Å². The van der Waals surface area contributed by atoms with Crippen LogP contribution in [0.15, 0.2) is 6.20 Å². The molecule has 1 aromatic heterocycles. The summed E-state index contributed by atoms with van der Waals surface area (Å²) in [5, 5.41) is 19.0. The Balaban J connectivity index is 2.59. The van der Waals surface area contributed by atoms with Crippen molar-refractivity contribution in [3.8, 4) is 5.75 Å². The number of aromatic nitrogens is 1. The summed E-state index contributed by atoms with van der Waals surface area (Å²) in [6.07, 6.45) is 1.54. The molecule has 0 saturated heterocycles. The number of hydrogen-bond acceptors (Lipinski definition) is 6. The second-order valence-electron chi connectivity index (χ2n) is 3.52. The van der Waals surface area contributed by atoms with Gasteiger partial charge in [0, 0.05) is 24.4 Å². The molecule has 0 aromatic carbocycles. The first-order valence-corrected chi connectivity index (χ1v) is 5.31. The lowest BCUT2D eigenvalue weighted by molar-refractivity contribution is 0.00298. The van der Waals surface area contributed by atoms with Crippen molar-refractivity contribution < 1.29 is 19.8 Å². The third-order valence-corrected chi connectivity index (χ3v) is 2.34. The van der Waals surface area contributed by atoms with Crippen LogP contribution in [0.3, 0.4) is 0 Å². The summed E-state index contributed by atoms with van der Waals surface area (Å²) >= 11 is 0. The topological polar surface area (TPSA) is 83.8 Å². The number of aliphatic hydroxyl groups is 1. The smallest absolute Gasteiger partial charge is 0.141 e. The van der Waals surface area contributed by atoms with Crippen LogP contribution in [0, 0.1) is 6.92 Å².